The Bertz CT molecular complexity index is 1450. The summed E-state index contributed by atoms with van der Waals surface area (Å²) in [7, 11) is 1.64. The number of hydrogen-bond acceptors (Lipinski definition) is 4. The molecule has 0 saturated carbocycles. The molecule has 36 heavy (non-hydrogen) atoms. The second-order valence-electron chi connectivity index (χ2n) is 8.95. The fraction of sp³-hybridized carbons (Fsp3) is 0.276. The number of rotatable bonds is 8. The monoisotopic (exact) mass is 503 g/mol. The summed E-state index contributed by atoms with van der Waals surface area (Å²) in [6.45, 7) is 6.85. The van der Waals surface area contributed by atoms with Crippen LogP contribution in [0.2, 0.25) is 5.02 Å². The molecular formula is C29H30ClN3O3. The van der Waals surface area contributed by atoms with E-state index < -0.39 is 6.04 Å². The van der Waals surface area contributed by atoms with Gasteiger partial charge in [0.2, 0.25) is 0 Å². The van der Waals surface area contributed by atoms with Crippen molar-refractivity contribution >= 4 is 28.4 Å². The van der Waals surface area contributed by atoms with E-state index in [0.29, 0.717) is 46.9 Å². The highest BCUT2D eigenvalue weighted by atomic mass is 35.5. The number of para-hydroxylation sites is 1. The second-order valence-corrected chi connectivity index (χ2v) is 9.38. The van der Waals surface area contributed by atoms with Crippen LogP contribution in [0.1, 0.15) is 46.7 Å². The highest BCUT2D eigenvalue weighted by Crippen LogP contribution is 2.26. The minimum Gasteiger partial charge on any atom is -0.385 e. The molecule has 186 valence electrons. The smallest absolute Gasteiger partial charge is 0.266 e. The lowest BCUT2D eigenvalue weighted by Gasteiger charge is -2.31. The molecule has 3 aromatic carbocycles. The molecule has 0 saturated heterocycles. The van der Waals surface area contributed by atoms with Crippen LogP contribution in [-0.2, 0) is 4.74 Å². The van der Waals surface area contributed by atoms with Gasteiger partial charge < -0.3 is 9.64 Å². The van der Waals surface area contributed by atoms with Crippen LogP contribution in [-0.4, -0.2) is 40.6 Å². The molecule has 0 fully saturated rings. The lowest BCUT2D eigenvalue weighted by molar-refractivity contribution is 0.0657. The summed E-state index contributed by atoms with van der Waals surface area (Å²) in [6, 6.07) is 19.6. The highest BCUT2D eigenvalue weighted by molar-refractivity contribution is 6.30. The summed E-state index contributed by atoms with van der Waals surface area (Å²) in [5.74, 6) is 0.343. The first-order chi connectivity index (χ1) is 17.3. The fourth-order valence-electron chi connectivity index (χ4n) is 4.47. The first-order valence-electron chi connectivity index (χ1n) is 12.0. The van der Waals surface area contributed by atoms with E-state index >= 15 is 0 Å². The quantitative estimate of drug-likeness (QED) is 0.281. The topological polar surface area (TPSA) is 64.4 Å². The molecule has 1 heterocycles. The van der Waals surface area contributed by atoms with E-state index in [4.69, 9.17) is 21.3 Å². The molecule has 6 nitrogen and oxygen atoms in total. The van der Waals surface area contributed by atoms with Gasteiger partial charge in [-0.25, -0.2) is 4.98 Å². The van der Waals surface area contributed by atoms with Crippen molar-refractivity contribution < 1.29 is 9.53 Å². The minimum atomic E-state index is -0.497. The van der Waals surface area contributed by atoms with E-state index in [-0.39, 0.29) is 11.5 Å². The van der Waals surface area contributed by atoms with Gasteiger partial charge in [-0.3, -0.25) is 14.2 Å². The van der Waals surface area contributed by atoms with Gasteiger partial charge in [-0.15, -0.1) is 0 Å². The highest BCUT2D eigenvalue weighted by Gasteiger charge is 2.28. The summed E-state index contributed by atoms with van der Waals surface area (Å²) >= 11 is 6.05. The van der Waals surface area contributed by atoms with Gasteiger partial charge in [0.15, 0.2) is 0 Å². The van der Waals surface area contributed by atoms with Crippen molar-refractivity contribution in [2.75, 3.05) is 20.3 Å². The van der Waals surface area contributed by atoms with Gasteiger partial charge >= 0.3 is 0 Å². The largest absolute Gasteiger partial charge is 0.385 e. The first kappa shape index (κ1) is 25.6. The van der Waals surface area contributed by atoms with E-state index in [0.717, 1.165) is 16.8 Å². The van der Waals surface area contributed by atoms with Gasteiger partial charge in [0.25, 0.3) is 11.5 Å². The second kappa shape index (κ2) is 11.1. The molecule has 1 aromatic heterocycles. The average Bonchev–Trinajstić information content (AvgIpc) is 2.87. The van der Waals surface area contributed by atoms with Crippen LogP contribution in [0, 0.1) is 13.8 Å². The molecule has 0 aliphatic heterocycles. The van der Waals surface area contributed by atoms with Crippen molar-refractivity contribution in [1.82, 2.24) is 14.5 Å². The SMILES string of the molecule is COCCCN(C(=O)c1ccc(Cl)cc1)C(C)c1nc2ccccc2c(=O)n1-c1ccc(C)cc1C. The minimum absolute atomic E-state index is 0.162. The summed E-state index contributed by atoms with van der Waals surface area (Å²) in [5.41, 5.74) is 3.77. The van der Waals surface area contributed by atoms with Crippen LogP contribution in [0.5, 0.6) is 0 Å². The number of nitrogens with zero attached hydrogens (tertiary/aromatic N) is 3. The molecular weight excluding hydrogens is 474 g/mol. The van der Waals surface area contributed by atoms with Crippen LogP contribution in [0.3, 0.4) is 0 Å². The number of fused-ring (bicyclic) bond motifs is 1. The lowest BCUT2D eigenvalue weighted by Crippen LogP contribution is -2.38. The number of methoxy groups -OCH3 is 1. The van der Waals surface area contributed by atoms with Crippen LogP contribution in [0.4, 0.5) is 0 Å². The number of halogens is 1. The van der Waals surface area contributed by atoms with Gasteiger partial charge in [0.05, 0.1) is 22.6 Å². The molecule has 1 amide bonds. The number of carbonyl (C=O) groups is 1. The molecule has 0 bridgehead atoms. The van der Waals surface area contributed by atoms with Crippen LogP contribution < -0.4 is 5.56 Å². The fourth-order valence-corrected chi connectivity index (χ4v) is 4.59. The maximum atomic E-state index is 13.8. The molecule has 7 heteroatoms. The Morgan fingerprint density at radius 2 is 1.81 bits per heavy atom. The maximum Gasteiger partial charge on any atom is 0.266 e. The molecule has 1 atom stereocenters. The summed E-state index contributed by atoms with van der Waals surface area (Å²) in [4.78, 5) is 34.2. The molecule has 0 radical (unpaired) electrons. The number of hydrogen-bond donors (Lipinski definition) is 0. The number of aromatic nitrogens is 2. The maximum absolute atomic E-state index is 13.8. The van der Waals surface area contributed by atoms with Crippen molar-refractivity contribution in [1.29, 1.82) is 0 Å². The zero-order valence-corrected chi connectivity index (χ0v) is 21.7. The third kappa shape index (κ3) is 5.20. The Labute approximate surface area is 216 Å². The zero-order valence-electron chi connectivity index (χ0n) is 21.0. The number of amides is 1. The number of aryl methyl sites for hydroxylation is 2. The van der Waals surface area contributed by atoms with Gasteiger partial charge in [0, 0.05) is 30.8 Å². The van der Waals surface area contributed by atoms with Gasteiger partial charge in [-0.2, -0.15) is 0 Å². The number of benzene rings is 3. The van der Waals surface area contributed by atoms with Crippen molar-refractivity contribution in [3.05, 3.63) is 105 Å². The van der Waals surface area contributed by atoms with E-state index in [1.165, 1.54) is 0 Å². The van der Waals surface area contributed by atoms with E-state index in [1.807, 2.05) is 57.2 Å². The Morgan fingerprint density at radius 3 is 2.50 bits per heavy atom. The average molecular weight is 504 g/mol. The van der Waals surface area contributed by atoms with Crippen LogP contribution >= 0.6 is 11.6 Å². The molecule has 0 aliphatic carbocycles. The van der Waals surface area contributed by atoms with Gasteiger partial charge in [-0.05, 0) is 75.2 Å². The third-order valence-electron chi connectivity index (χ3n) is 6.34. The number of ether oxygens (including phenoxy) is 1. The van der Waals surface area contributed by atoms with Crippen molar-refractivity contribution in [2.45, 2.75) is 33.2 Å². The van der Waals surface area contributed by atoms with Crippen LogP contribution in [0.15, 0.2) is 71.5 Å². The normalized spacial score (nSPS) is 12.0. The van der Waals surface area contributed by atoms with E-state index in [1.54, 1.807) is 46.9 Å². The van der Waals surface area contributed by atoms with E-state index in [9.17, 15) is 9.59 Å². The van der Waals surface area contributed by atoms with Crippen molar-refractivity contribution in [2.24, 2.45) is 0 Å². The Balaban J connectivity index is 1.90. The third-order valence-corrected chi connectivity index (χ3v) is 6.59. The predicted octanol–water partition coefficient (Wildman–Crippen LogP) is 5.90. The molecule has 0 spiro atoms. The molecule has 0 aliphatic rings. The first-order valence-corrected chi connectivity index (χ1v) is 12.3. The van der Waals surface area contributed by atoms with E-state index in [2.05, 4.69) is 0 Å². The Hall–Kier alpha value is -3.48. The van der Waals surface area contributed by atoms with Crippen LogP contribution in [0.25, 0.3) is 16.6 Å². The molecule has 4 rings (SSSR count). The zero-order chi connectivity index (χ0) is 25.8. The molecule has 4 aromatic rings. The molecule has 0 N–H and O–H groups in total. The number of carbonyl (C=O) groups excluding carboxylic acids is 1. The Morgan fingerprint density at radius 1 is 1.08 bits per heavy atom. The lowest BCUT2D eigenvalue weighted by atomic mass is 10.1. The Kier molecular flexibility index (Phi) is 7.87. The van der Waals surface area contributed by atoms with Crippen molar-refractivity contribution in [3.8, 4) is 5.69 Å². The predicted molar refractivity (Wildman–Crippen MR) is 144 cm³/mol. The summed E-state index contributed by atoms with van der Waals surface area (Å²) in [6.07, 6.45) is 0.640. The molecule has 1 unspecified atom stereocenters. The van der Waals surface area contributed by atoms with Gasteiger partial charge in [0.1, 0.15) is 5.82 Å². The van der Waals surface area contributed by atoms with Crippen molar-refractivity contribution in [3.63, 3.8) is 0 Å². The summed E-state index contributed by atoms with van der Waals surface area (Å²) in [5, 5.41) is 1.09. The van der Waals surface area contributed by atoms with Gasteiger partial charge in [-0.1, -0.05) is 41.4 Å². The standard InChI is InChI=1S/C29H30ClN3O3/c1-19-10-15-26(20(2)18-19)33-27(31-25-9-6-5-8-24(25)29(33)35)21(3)32(16-7-17-36-4)28(34)22-11-13-23(30)14-12-22/h5-6,8-15,18,21H,7,16-17H2,1-4H3. The summed E-state index contributed by atoms with van der Waals surface area (Å²) < 4.78 is 6.90.